The lowest BCUT2D eigenvalue weighted by Gasteiger charge is -2.36. The normalized spacial score (nSPS) is 18.6. The van der Waals surface area contributed by atoms with E-state index < -0.39 is 5.60 Å². The highest BCUT2D eigenvalue weighted by atomic mass is 16.6. The van der Waals surface area contributed by atoms with Crippen molar-refractivity contribution in [2.45, 2.75) is 52.4 Å². The van der Waals surface area contributed by atoms with Gasteiger partial charge in [-0.15, -0.1) is 0 Å². The van der Waals surface area contributed by atoms with Crippen molar-refractivity contribution in [2.24, 2.45) is 0 Å². The van der Waals surface area contributed by atoms with Gasteiger partial charge >= 0.3 is 6.09 Å². The number of ether oxygens (including phenoxy) is 1. The first kappa shape index (κ1) is 14.9. The molecule has 20 heavy (non-hydrogen) atoms. The lowest BCUT2D eigenvalue weighted by atomic mass is 9.92. The van der Waals surface area contributed by atoms with Crippen LogP contribution in [-0.4, -0.2) is 28.2 Å². The highest BCUT2D eigenvalue weighted by molar-refractivity contribution is 5.69. The van der Waals surface area contributed by atoms with Crippen molar-refractivity contribution in [1.29, 1.82) is 0 Å². The first-order chi connectivity index (χ1) is 9.31. The number of aliphatic hydroxyl groups is 1. The van der Waals surface area contributed by atoms with Gasteiger partial charge in [0.2, 0.25) is 0 Å². The smallest absolute Gasteiger partial charge is 0.410 e. The standard InChI is InChI=1S/C16H23NO3/c1-11-14-9-12(10-18)5-6-13(14)7-8-17(11)15(19)20-16(2,3)4/h5-6,9,11,18H,7-8,10H2,1-4H3. The first-order valence-electron chi connectivity index (χ1n) is 7.04. The van der Waals surface area contributed by atoms with Gasteiger partial charge in [-0.2, -0.15) is 0 Å². The van der Waals surface area contributed by atoms with Crippen molar-refractivity contribution in [3.05, 3.63) is 34.9 Å². The third-order valence-electron chi connectivity index (χ3n) is 3.56. The molecule has 4 heteroatoms. The second-order valence-electron chi connectivity index (χ2n) is 6.29. The van der Waals surface area contributed by atoms with Crippen molar-refractivity contribution >= 4 is 6.09 Å². The molecule has 1 aromatic carbocycles. The number of hydrogen-bond donors (Lipinski definition) is 1. The Morgan fingerprint density at radius 1 is 1.45 bits per heavy atom. The Labute approximate surface area is 120 Å². The summed E-state index contributed by atoms with van der Waals surface area (Å²) in [7, 11) is 0. The summed E-state index contributed by atoms with van der Waals surface area (Å²) in [5.74, 6) is 0. The van der Waals surface area contributed by atoms with Gasteiger partial charge in [-0.25, -0.2) is 4.79 Å². The number of carbonyl (C=O) groups is 1. The molecule has 1 amide bonds. The van der Waals surface area contributed by atoms with Gasteiger partial charge in [-0.3, -0.25) is 0 Å². The molecular weight excluding hydrogens is 254 g/mol. The molecule has 2 rings (SSSR count). The summed E-state index contributed by atoms with van der Waals surface area (Å²) < 4.78 is 5.46. The molecule has 1 aliphatic heterocycles. The zero-order valence-corrected chi connectivity index (χ0v) is 12.6. The van der Waals surface area contributed by atoms with E-state index in [9.17, 15) is 9.90 Å². The lowest BCUT2D eigenvalue weighted by Crippen LogP contribution is -2.42. The van der Waals surface area contributed by atoms with Crippen LogP contribution in [0.15, 0.2) is 18.2 Å². The minimum atomic E-state index is -0.482. The maximum Gasteiger partial charge on any atom is 0.410 e. The van der Waals surface area contributed by atoms with E-state index in [4.69, 9.17) is 4.74 Å². The van der Waals surface area contributed by atoms with E-state index in [0.29, 0.717) is 6.54 Å². The van der Waals surface area contributed by atoms with E-state index in [-0.39, 0.29) is 18.7 Å². The predicted octanol–water partition coefficient (Wildman–Crippen LogP) is 3.03. The summed E-state index contributed by atoms with van der Waals surface area (Å²) >= 11 is 0. The number of benzene rings is 1. The van der Waals surface area contributed by atoms with Gasteiger partial charge in [0.05, 0.1) is 12.6 Å². The predicted molar refractivity (Wildman–Crippen MR) is 77.4 cm³/mol. The summed E-state index contributed by atoms with van der Waals surface area (Å²) in [5.41, 5.74) is 2.74. The molecule has 0 bridgehead atoms. The summed E-state index contributed by atoms with van der Waals surface area (Å²) in [6, 6.07) is 5.94. The average molecular weight is 277 g/mol. The fourth-order valence-corrected chi connectivity index (χ4v) is 2.53. The summed E-state index contributed by atoms with van der Waals surface area (Å²) in [6.07, 6.45) is 0.551. The van der Waals surface area contributed by atoms with Crippen LogP contribution in [0.5, 0.6) is 0 Å². The van der Waals surface area contributed by atoms with Gasteiger partial charge in [-0.05, 0) is 50.8 Å². The number of amides is 1. The number of fused-ring (bicyclic) bond motifs is 1. The first-order valence-corrected chi connectivity index (χ1v) is 7.04. The fraction of sp³-hybridized carbons (Fsp3) is 0.562. The van der Waals surface area contributed by atoms with Gasteiger partial charge in [0, 0.05) is 6.54 Å². The Kier molecular flexibility index (Phi) is 4.04. The van der Waals surface area contributed by atoms with E-state index in [1.165, 1.54) is 5.56 Å². The van der Waals surface area contributed by atoms with E-state index in [0.717, 1.165) is 17.5 Å². The molecule has 0 fully saturated rings. The highest BCUT2D eigenvalue weighted by Gasteiger charge is 2.30. The Morgan fingerprint density at radius 2 is 2.15 bits per heavy atom. The van der Waals surface area contributed by atoms with Crippen LogP contribution in [0.1, 0.15) is 50.4 Å². The topological polar surface area (TPSA) is 49.8 Å². The molecule has 0 spiro atoms. The minimum absolute atomic E-state index is 0.0203. The van der Waals surface area contributed by atoms with Gasteiger partial charge in [0.25, 0.3) is 0 Å². The Balaban J connectivity index is 2.22. The van der Waals surface area contributed by atoms with Crippen molar-refractivity contribution in [3.63, 3.8) is 0 Å². The van der Waals surface area contributed by atoms with Crippen LogP contribution in [0.2, 0.25) is 0 Å². The van der Waals surface area contributed by atoms with Crippen molar-refractivity contribution in [2.75, 3.05) is 6.54 Å². The fourth-order valence-electron chi connectivity index (χ4n) is 2.53. The lowest BCUT2D eigenvalue weighted by molar-refractivity contribution is 0.0159. The Hall–Kier alpha value is -1.55. The van der Waals surface area contributed by atoms with Gasteiger partial charge in [-0.1, -0.05) is 18.2 Å². The molecular formula is C16H23NO3. The third kappa shape index (κ3) is 3.12. The number of carbonyl (C=O) groups excluding carboxylic acids is 1. The Bertz CT molecular complexity index is 505. The largest absolute Gasteiger partial charge is 0.444 e. The molecule has 1 aromatic rings. The molecule has 110 valence electrons. The minimum Gasteiger partial charge on any atom is -0.444 e. The van der Waals surface area contributed by atoms with Crippen LogP contribution < -0.4 is 0 Å². The molecule has 1 heterocycles. The molecule has 0 saturated carbocycles. The Morgan fingerprint density at radius 3 is 2.75 bits per heavy atom. The zero-order valence-electron chi connectivity index (χ0n) is 12.6. The van der Waals surface area contributed by atoms with Crippen molar-refractivity contribution < 1.29 is 14.6 Å². The second-order valence-corrected chi connectivity index (χ2v) is 6.29. The van der Waals surface area contributed by atoms with E-state index >= 15 is 0 Å². The number of rotatable bonds is 1. The van der Waals surface area contributed by atoms with E-state index in [1.54, 1.807) is 4.90 Å². The van der Waals surface area contributed by atoms with Crippen LogP contribution >= 0.6 is 0 Å². The van der Waals surface area contributed by atoms with E-state index in [2.05, 4.69) is 0 Å². The number of hydrogen-bond acceptors (Lipinski definition) is 3. The molecule has 1 unspecified atom stereocenters. The quantitative estimate of drug-likeness (QED) is 0.858. The van der Waals surface area contributed by atoms with Crippen LogP contribution in [0.3, 0.4) is 0 Å². The van der Waals surface area contributed by atoms with Gasteiger partial charge in [0.1, 0.15) is 5.60 Å². The van der Waals surface area contributed by atoms with Crippen LogP contribution in [0.4, 0.5) is 4.79 Å². The molecule has 1 atom stereocenters. The van der Waals surface area contributed by atoms with Crippen LogP contribution in [-0.2, 0) is 17.8 Å². The highest BCUT2D eigenvalue weighted by Crippen LogP contribution is 2.31. The van der Waals surface area contributed by atoms with Crippen molar-refractivity contribution in [3.8, 4) is 0 Å². The molecule has 0 aromatic heterocycles. The summed E-state index contributed by atoms with van der Waals surface area (Å²) in [6.45, 7) is 8.31. The van der Waals surface area contributed by atoms with Crippen molar-refractivity contribution in [1.82, 2.24) is 4.90 Å². The second kappa shape index (κ2) is 5.44. The third-order valence-corrected chi connectivity index (χ3v) is 3.56. The number of nitrogens with zero attached hydrogens (tertiary/aromatic N) is 1. The zero-order chi connectivity index (χ0) is 14.9. The SMILES string of the molecule is CC1c2cc(CO)ccc2CCN1C(=O)OC(C)(C)C. The van der Waals surface area contributed by atoms with E-state index in [1.807, 2.05) is 45.9 Å². The molecule has 0 saturated heterocycles. The summed E-state index contributed by atoms with van der Waals surface area (Å²) in [4.78, 5) is 14.0. The maximum absolute atomic E-state index is 12.2. The molecule has 1 N–H and O–H groups in total. The van der Waals surface area contributed by atoms with Gasteiger partial charge < -0.3 is 14.7 Å². The van der Waals surface area contributed by atoms with Crippen LogP contribution in [0.25, 0.3) is 0 Å². The van der Waals surface area contributed by atoms with Gasteiger partial charge in [0.15, 0.2) is 0 Å². The molecule has 1 aliphatic rings. The summed E-state index contributed by atoms with van der Waals surface area (Å²) in [5, 5.41) is 9.25. The maximum atomic E-state index is 12.2. The molecule has 4 nitrogen and oxygen atoms in total. The molecule has 0 aliphatic carbocycles. The monoisotopic (exact) mass is 277 g/mol. The number of aliphatic hydroxyl groups excluding tert-OH is 1. The molecule has 0 radical (unpaired) electrons. The average Bonchev–Trinajstić information content (AvgIpc) is 2.36. The van der Waals surface area contributed by atoms with Crippen LogP contribution in [0, 0.1) is 0 Å².